The number of halogens is 1. The Morgan fingerprint density at radius 3 is 2.72 bits per heavy atom. The van der Waals surface area contributed by atoms with Gasteiger partial charge in [0.2, 0.25) is 11.3 Å². The molecular weight excluding hydrogens is 391 g/mol. The lowest BCUT2D eigenvalue weighted by Crippen LogP contribution is -2.10. The van der Waals surface area contributed by atoms with Crippen LogP contribution >= 0.6 is 11.3 Å². The molecule has 148 valence electrons. The number of hydrogen-bond acceptors (Lipinski definition) is 6. The van der Waals surface area contributed by atoms with Crippen molar-refractivity contribution < 1.29 is 13.5 Å². The Balaban J connectivity index is 1.78. The molecule has 29 heavy (non-hydrogen) atoms. The van der Waals surface area contributed by atoms with Crippen LogP contribution in [-0.4, -0.2) is 4.98 Å². The molecule has 0 aliphatic heterocycles. The fourth-order valence-electron chi connectivity index (χ4n) is 3.14. The number of aryl methyl sites for hydroxylation is 2. The van der Waals surface area contributed by atoms with Crippen LogP contribution in [0.2, 0.25) is 0 Å². The summed E-state index contributed by atoms with van der Waals surface area (Å²) in [4.78, 5) is 17.5. The molecule has 2 aromatic carbocycles. The van der Waals surface area contributed by atoms with Crippen LogP contribution in [0, 0.1) is 12.7 Å². The van der Waals surface area contributed by atoms with E-state index < -0.39 is 0 Å². The molecular formula is C22H19FN2O3S. The van der Waals surface area contributed by atoms with Crippen molar-refractivity contribution in [3.8, 4) is 16.3 Å². The van der Waals surface area contributed by atoms with E-state index in [1.165, 1.54) is 17.4 Å². The van der Waals surface area contributed by atoms with E-state index in [2.05, 4.69) is 4.98 Å². The van der Waals surface area contributed by atoms with Crippen LogP contribution in [0.5, 0.6) is 5.75 Å². The fourth-order valence-corrected chi connectivity index (χ4v) is 3.98. The predicted octanol–water partition coefficient (Wildman–Crippen LogP) is 5.09. The van der Waals surface area contributed by atoms with Crippen molar-refractivity contribution in [2.45, 2.75) is 26.9 Å². The number of fused-ring (bicyclic) bond motifs is 1. The molecule has 0 spiro atoms. The van der Waals surface area contributed by atoms with Crippen molar-refractivity contribution in [2.24, 2.45) is 0 Å². The zero-order valence-electron chi connectivity index (χ0n) is 16.0. The first-order valence-corrected chi connectivity index (χ1v) is 10.0. The molecule has 0 unspecified atom stereocenters. The molecule has 5 nitrogen and oxygen atoms in total. The van der Waals surface area contributed by atoms with Gasteiger partial charge in [0.05, 0.1) is 5.39 Å². The Morgan fingerprint density at radius 1 is 1.24 bits per heavy atom. The zero-order chi connectivity index (χ0) is 20.5. The zero-order valence-corrected chi connectivity index (χ0v) is 16.8. The maximum atomic E-state index is 13.9. The number of anilines is 1. The van der Waals surface area contributed by atoms with Crippen LogP contribution in [0.1, 0.15) is 23.7 Å². The quantitative estimate of drug-likeness (QED) is 0.496. The lowest BCUT2D eigenvalue weighted by Gasteiger charge is -2.13. The minimum absolute atomic E-state index is 0.0150. The van der Waals surface area contributed by atoms with Gasteiger partial charge < -0.3 is 14.9 Å². The number of nitrogen functional groups attached to an aromatic ring is 1. The maximum Gasteiger partial charge on any atom is 0.205 e. The first-order valence-electron chi connectivity index (χ1n) is 9.15. The Morgan fingerprint density at radius 2 is 2.03 bits per heavy atom. The largest absolute Gasteiger partial charge is 0.488 e. The summed E-state index contributed by atoms with van der Waals surface area (Å²) < 4.78 is 25.5. The van der Waals surface area contributed by atoms with Crippen LogP contribution in [0.15, 0.2) is 51.0 Å². The summed E-state index contributed by atoms with van der Waals surface area (Å²) in [5.74, 6) is 0.218. The van der Waals surface area contributed by atoms with Gasteiger partial charge >= 0.3 is 0 Å². The van der Waals surface area contributed by atoms with E-state index in [-0.39, 0.29) is 29.3 Å². The summed E-state index contributed by atoms with van der Waals surface area (Å²) in [7, 11) is 0. The number of ether oxygens (including phenoxy) is 1. The molecule has 0 amide bonds. The van der Waals surface area contributed by atoms with Gasteiger partial charge in [0.1, 0.15) is 34.3 Å². The highest BCUT2D eigenvalue weighted by molar-refractivity contribution is 7.13. The molecule has 2 heterocycles. The summed E-state index contributed by atoms with van der Waals surface area (Å²) in [5, 5.41) is 2.81. The third-order valence-corrected chi connectivity index (χ3v) is 5.63. The Kier molecular flexibility index (Phi) is 5.07. The molecule has 2 N–H and O–H groups in total. The van der Waals surface area contributed by atoms with Crippen molar-refractivity contribution in [3.05, 3.63) is 74.6 Å². The van der Waals surface area contributed by atoms with E-state index in [4.69, 9.17) is 14.9 Å². The first-order chi connectivity index (χ1) is 14.0. The Bertz CT molecular complexity index is 1260. The summed E-state index contributed by atoms with van der Waals surface area (Å²) in [5.41, 5.74) is 8.51. The van der Waals surface area contributed by atoms with Gasteiger partial charge in [-0.15, -0.1) is 11.3 Å². The summed E-state index contributed by atoms with van der Waals surface area (Å²) in [6.45, 7) is 3.88. The second kappa shape index (κ2) is 7.67. The summed E-state index contributed by atoms with van der Waals surface area (Å²) in [6, 6.07) is 9.84. The third kappa shape index (κ3) is 3.61. The second-order valence-corrected chi connectivity index (χ2v) is 7.51. The summed E-state index contributed by atoms with van der Waals surface area (Å²) >= 11 is 1.35. The van der Waals surface area contributed by atoms with Gasteiger partial charge in [0.15, 0.2) is 0 Å². The fraction of sp³-hybridized carbons (Fsp3) is 0.182. The Hall–Kier alpha value is -3.19. The van der Waals surface area contributed by atoms with Crippen LogP contribution in [0.25, 0.3) is 21.5 Å². The molecule has 0 saturated heterocycles. The van der Waals surface area contributed by atoms with Crippen LogP contribution in [0.3, 0.4) is 0 Å². The van der Waals surface area contributed by atoms with Crippen molar-refractivity contribution in [1.29, 1.82) is 0 Å². The molecule has 0 atom stereocenters. The Labute approximate surface area is 170 Å². The number of aromatic nitrogens is 1. The molecule has 0 radical (unpaired) electrons. The molecule has 0 bridgehead atoms. The minimum Gasteiger partial charge on any atom is -0.488 e. The number of thiazole rings is 1. The van der Waals surface area contributed by atoms with E-state index in [9.17, 15) is 9.18 Å². The van der Waals surface area contributed by atoms with Crippen molar-refractivity contribution >= 4 is 28.2 Å². The highest BCUT2D eigenvalue weighted by Crippen LogP contribution is 2.32. The number of rotatable bonds is 5. The lowest BCUT2D eigenvalue weighted by atomic mass is 10.1. The lowest BCUT2D eigenvalue weighted by molar-refractivity contribution is 0.297. The van der Waals surface area contributed by atoms with E-state index in [0.29, 0.717) is 33.7 Å². The molecule has 0 saturated carbocycles. The highest BCUT2D eigenvalue weighted by atomic mass is 32.1. The third-order valence-electron chi connectivity index (χ3n) is 4.66. The SMILES string of the molecule is CCc1cc2c(=O)c(-c3nc(C)cs3)c(N)oc2cc1OCc1ccccc1F. The smallest absolute Gasteiger partial charge is 0.205 e. The van der Waals surface area contributed by atoms with Gasteiger partial charge in [0.25, 0.3) is 0 Å². The second-order valence-electron chi connectivity index (χ2n) is 6.65. The van der Waals surface area contributed by atoms with Gasteiger partial charge in [0, 0.05) is 22.7 Å². The van der Waals surface area contributed by atoms with Gasteiger partial charge in [-0.2, -0.15) is 0 Å². The van der Waals surface area contributed by atoms with E-state index in [1.54, 1.807) is 30.3 Å². The molecule has 0 fully saturated rings. The van der Waals surface area contributed by atoms with Gasteiger partial charge in [-0.3, -0.25) is 4.79 Å². The van der Waals surface area contributed by atoms with Crippen molar-refractivity contribution in [1.82, 2.24) is 4.98 Å². The first kappa shape index (κ1) is 19.1. The van der Waals surface area contributed by atoms with Crippen LogP contribution < -0.4 is 15.9 Å². The summed E-state index contributed by atoms with van der Waals surface area (Å²) in [6.07, 6.45) is 0.637. The van der Waals surface area contributed by atoms with E-state index >= 15 is 0 Å². The molecule has 7 heteroatoms. The van der Waals surface area contributed by atoms with Crippen LogP contribution in [0.4, 0.5) is 10.3 Å². The number of benzene rings is 2. The van der Waals surface area contributed by atoms with Crippen molar-refractivity contribution in [2.75, 3.05) is 5.73 Å². The topological polar surface area (TPSA) is 78.4 Å². The normalized spacial score (nSPS) is 11.1. The van der Waals surface area contributed by atoms with Crippen LogP contribution in [-0.2, 0) is 13.0 Å². The average molecular weight is 410 g/mol. The van der Waals surface area contributed by atoms with E-state index in [1.807, 2.05) is 19.2 Å². The molecule has 4 rings (SSSR count). The average Bonchev–Trinajstić information content (AvgIpc) is 3.12. The highest BCUT2D eigenvalue weighted by Gasteiger charge is 2.19. The number of nitrogens with two attached hydrogens (primary N) is 1. The minimum atomic E-state index is -0.328. The molecule has 0 aliphatic carbocycles. The van der Waals surface area contributed by atoms with E-state index in [0.717, 1.165) is 11.3 Å². The molecule has 0 aliphatic rings. The standard InChI is InChI=1S/C22H19FN2O3S/c1-3-13-8-15-18(9-17(13)27-10-14-6-4-5-7-16(14)23)28-21(24)19(20(15)26)22-25-12(2)11-29-22/h4-9,11H,3,10,24H2,1-2H3. The van der Waals surface area contributed by atoms with Gasteiger partial charge in [-0.25, -0.2) is 9.37 Å². The van der Waals surface area contributed by atoms with Crippen molar-refractivity contribution in [3.63, 3.8) is 0 Å². The monoisotopic (exact) mass is 410 g/mol. The predicted molar refractivity (Wildman–Crippen MR) is 113 cm³/mol. The molecule has 4 aromatic rings. The number of hydrogen-bond donors (Lipinski definition) is 1. The van der Waals surface area contributed by atoms with Gasteiger partial charge in [-0.05, 0) is 31.0 Å². The number of nitrogens with zero attached hydrogens (tertiary/aromatic N) is 1. The molecule has 2 aromatic heterocycles. The van der Waals surface area contributed by atoms with Gasteiger partial charge in [-0.1, -0.05) is 25.1 Å². The maximum absolute atomic E-state index is 13.9.